The molecule has 1 aliphatic heterocycles. The van der Waals surface area contributed by atoms with Gasteiger partial charge in [0.25, 0.3) is 5.91 Å². The molecule has 1 aromatic rings. The summed E-state index contributed by atoms with van der Waals surface area (Å²) in [6.07, 6.45) is 6.09. The maximum absolute atomic E-state index is 12.5. The summed E-state index contributed by atoms with van der Waals surface area (Å²) in [5, 5.41) is 3.15. The Morgan fingerprint density at radius 3 is 2.86 bits per heavy atom. The zero-order valence-electron chi connectivity index (χ0n) is 13.2. The fraction of sp³-hybridized carbons (Fsp3) is 0.556. The summed E-state index contributed by atoms with van der Waals surface area (Å²) in [7, 11) is 0. The summed E-state index contributed by atoms with van der Waals surface area (Å²) in [5.74, 6) is 0.818. The van der Waals surface area contributed by atoms with Crippen LogP contribution in [0.5, 0.6) is 0 Å². The molecule has 2 fully saturated rings. The summed E-state index contributed by atoms with van der Waals surface area (Å²) in [6.45, 7) is 3.00. The van der Waals surface area contributed by atoms with E-state index in [2.05, 4.69) is 12.2 Å². The van der Waals surface area contributed by atoms with Crippen molar-refractivity contribution >= 4 is 17.5 Å². The van der Waals surface area contributed by atoms with E-state index >= 15 is 0 Å². The van der Waals surface area contributed by atoms with E-state index in [1.807, 2.05) is 24.3 Å². The number of hydrogen-bond donors (Lipinski definition) is 1. The molecular formula is C18H24N2O2. The van der Waals surface area contributed by atoms with Crippen LogP contribution in [0.1, 0.15) is 55.8 Å². The first-order chi connectivity index (χ1) is 10.6. The van der Waals surface area contributed by atoms with Crippen LogP contribution in [0.25, 0.3) is 0 Å². The molecule has 1 N–H and O–H groups in total. The van der Waals surface area contributed by atoms with Crippen LogP contribution in [0.3, 0.4) is 0 Å². The first kappa shape index (κ1) is 15.1. The number of nitrogens with one attached hydrogen (secondary N) is 1. The molecule has 1 aliphatic carbocycles. The Hall–Kier alpha value is -1.84. The molecule has 118 valence electrons. The maximum atomic E-state index is 12.5. The summed E-state index contributed by atoms with van der Waals surface area (Å²) in [5.41, 5.74) is 1.49. The number of anilines is 1. The monoisotopic (exact) mass is 300 g/mol. The molecule has 1 heterocycles. The summed E-state index contributed by atoms with van der Waals surface area (Å²) >= 11 is 0. The molecule has 3 rings (SSSR count). The van der Waals surface area contributed by atoms with E-state index in [1.54, 1.807) is 4.90 Å². The molecule has 0 bridgehead atoms. The van der Waals surface area contributed by atoms with Crippen LogP contribution in [0.4, 0.5) is 5.69 Å². The largest absolute Gasteiger partial charge is 0.349 e. The molecular weight excluding hydrogens is 276 g/mol. The van der Waals surface area contributed by atoms with Gasteiger partial charge in [0.15, 0.2) is 0 Å². The number of rotatable bonds is 3. The minimum absolute atomic E-state index is 0.0207. The van der Waals surface area contributed by atoms with E-state index in [1.165, 1.54) is 12.8 Å². The second-order valence-corrected chi connectivity index (χ2v) is 6.64. The van der Waals surface area contributed by atoms with Crippen molar-refractivity contribution in [1.82, 2.24) is 5.32 Å². The number of hydrogen-bond acceptors (Lipinski definition) is 2. The van der Waals surface area contributed by atoms with Gasteiger partial charge in [-0.15, -0.1) is 0 Å². The minimum Gasteiger partial charge on any atom is -0.349 e. The Morgan fingerprint density at radius 2 is 2.14 bits per heavy atom. The van der Waals surface area contributed by atoms with Crippen LogP contribution in [0.15, 0.2) is 24.3 Å². The highest BCUT2D eigenvalue weighted by molar-refractivity contribution is 5.99. The number of nitrogens with zero attached hydrogens (tertiary/aromatic N) is 1. The third kappa shape index (κ3) is 3.32. The van der Waals surface area contributed by atoms with Gasteiger partial charge < -0.3 is 10.2 Å². The molecule has 4 heteroatoms. The average Bonchev–Trinajstić information content (AvgIpc) is 2.93. The number of carbonyl (C=O) groups excluding carboxylic acids is 2. The Kier molecular flexibility index (Phi) is 4.46. The van der Waals surface area contributed by atoms with Gasteiger partial charge in [-0.2, -0.15) is 0 Å². The van der Waals surface area contributed by atoms with Crippen LogP contribution in [-0.4, -0.2) is 24.4 Å². The number of carbonyl (C=O) groups is 2. The van der Waals surface area contributed by atoms with Crippen LogP contribution >= 0.6 is 0 Å². The van der Waals surface area contributed by atoms with Crippen LogP contribution in [0, 0.1) is 5.92 Å². The lowest BCUT2D eigenvalue weighted by molar-refractivity contribution is -0.117. The zero-order chi connectivity index (χ0) is 15.5. The lowest BCUT2D eigenvalue weighted by atomic mass is 9.87. The third-order valence-electron chi connectivity index (χ3n) is 4.77. The molecule has 0 radical (unpaired) electrons. The van der Waals surface area contributed by atoms with Gasteiger partial charge in [0.2, 0.25) is 5.91 Å². The van der Waals surface area contributed by atoms with Crippen molar-refractivity contribution in [2.24, 2.45) is 5.92 Å². The molecule has 1 saturated heterocycles. The van der Waals surface area contributed by atoms with Gasteiger partial charge in [-0.25, -0.2) is 0 Å². The molecule has 0 spiro atoms. The second-order valence-electron chi connectivity index (χ2n) is 6.64. The van der Waals surface area contributed by atoms with Gasteiger partial charge in [0.05, 0.1) is 0 Å². The predicted octanol–water partition coefficient (Wildman–Crippen LogP) is 3.12. The van der Waals surface area contributed by atoms with Crippen LogP contribution in [0.2, 0.25) is 0 Å². The van der Waals surface area contributed by atoms with E-state index in [0.717, 1.165) is 31.5 Å². The smallest absolute Gasteiger partial charge is 0.251 e. The van der Waals surface area contributed by atoms with Crippen molar-refractivity contribution in [2.45, 2.75) is 51.5 Å². The topological polar surface area (TPSA) is 49.4 Å². The lowest BCUT2D eigenvalue weighted by Crippen LogP contribution is -2.38. The average molecular weight is 300 g/mol. The van der Waals surface area contributed by atoms with E-state index in [0.29, 0.717) is 17.9 Å². The molecule has 2 amide bonds. The maximum Gasteiger partial charge on any atom is 0.251 e. The highest BCUT2D eigenvalue weighted by atomic mass is 16.2. The molecule has 1 saturated carbocycles. The van der Waals surface area contributed by atoms with Gasteiger partial charge in [-0.3, -0.25) is 9.59 Å². The molecule has 22 heavy (non-hydrogen) atoms. The van der Waals surface area contributed by atoms with Crippen molar-refractivity contribution in [1.29, 1.82) is 0 Å². The first-order valence-corrected chi connectivity index (χ1v) is 8.35. The van der Waals surface area contributed by atoms with Gasteiger partial charge >= 0.3 is 0 Å². The van der Waals surface area contributed by atoms with Crippen molar-refractivity contribution in [2.75, 3.05) is 11.4 Å². The van der Waals surface area contributed by atoms with Crippen molar-refractivity contribution < 1.29 is 9.59 Å². The Morgan fingerprint density at radius 1 is 1.27 bits per heavy atom. The normalized spacial score (nSPS) is 25.3. The molecule has 0 aromatic heterocycles. The molecule has 2 aliphatic rings. The molecule has 4 nitrogen and oxygen atoms in total. The third-order valence-corrected chi connectivity index (χ3v) is 4.77. The number of benzene rings is 1. The predicted molar refractivity (Wildman–Crippen MR) is 86.9 cm³/mol. The fourth-order valence-corrected chi connectivity index (χ4v) is 3.57. The Labute approximate surface area is 131 Å². The fourth-order valence-electron chi connectivity index (χ4n) is 3.57. The zero-order valence-corrected chi connectivity index (χ0v) is 13.2. The molecule has 2 unspecified atom stereocenters. The van der Waals surface area contributed by atoms with E-state index < -0.39 is 0 Å². The minimum atomic E-state index is -0.0207. The summed E-state index contributed by atoms with van der Waals surface area (Å²) < 4.78 is 0. The van der Waals surface area contributed by atoms with Gasteiger partial charge in [0, 0.05) is 30.3 Å². The summed E-state index contributed by atoms with van der Waals surface area (Å²) in [6, 6.07) is 7.71. The number of amides is 2. The molecule has 1 aromatic carbocycles. The van der Waals surface area contributed by atoms with Gasteiger partial charge in [-0.1, -0.05) is 25.8 Å². The van der Waals surface area contributed by atoms with Crippen molar-refractivity contribution in [3.8, 4) is 0 Å². The van der Waals surface area contributed by atoms with Gasteiger partial charge in [0.1, 0.15) is 0 Å². The molecule has 2 atom stereocenters. The Balaban J connectivity index is 1.68. The summed E-state index contributed by atoms with van der Waals surface area (Å²) in [4.78, 5) is 26.1. The highest BCUT2D eigenvalue weighted by Gasteiger charge is 2.24. The van der Waals surface area contributed by atoms with E-state index in [-0.39, 0.29) is 17.9 Å². The van der Waals surface area contributed by atoms with Crippen LogP contribution in [-0.2, 0) is 4.79 Å². The second kappa shape index (κ2) is 6.51. The van der Waals surface area contributed by atoms with E-state index in [9.17, 15) is 9.59 Å². The van der Waals surface area contributed by atoms with Gasteiger partial charge in [-0.05, 0) is 43.4 Å². The standard InChI is InChI=1S/C18H24N2O2/c1-13-5-2-7-15(11-13)19-18(22)14-6-3-8-16(12-14)20-10-4-9-17(20)21/h3,6,8,12-13,15H,2,4-5,7,9-11H2,1H3,(H,19,22). The Bertz CT molecular complexity index is 570. The highest BCUT2D eigenvalue weighted by Crippen LogP contribution is 2.25. The van der Waals surface area contributed by atoms with Crippen molar-refractivity contribution in [3.05, 3.63) is 29.8 Å². The first-order valence-electron chi connectivity index (χ1n) is 8.35. The lowest BCUT2D eigenvalue weighted by Gasteiger charge is -2.27. The quantitative estimate of drug-likeness (QED) is 0.932. The van der Waals surface area contributed by atoms with E-state index in [4.69, 9.17) is 0 Å². The van der Waals surface area contributed by atoms with Crippen LogP contribution < -0.4 is 10.2 Å². The van der Waals surface area contributed by atoms with Crippen molar-refractivity contribution in [3.63, 3.8) is 0 Å². The SMILES string of the molecule is CC1CCCC(NC(=O)c2cccc(N3CCCC3=O)c2)C1.